The van der Waals surface area contributed by atoms with Crippen LogP contribution in [0.5, 0.6) is 0 Å². The molecular weight excluding hydrogens is 200 g/mol. The molecule has 0 aromatic heterocycles. The van der Waals surface area contributed by atoms with Crippen molar-refractivity contribution in [3.05, 3.63) is 0 Å². The lowest BCUT2D eigenvalue weighted by Crippen LogP contribution is -2.45. The average Bonchev–Trinajstić information content (AvgIpc) is 2.17. The van der Waals surface area contributed by atoms with Gasteiger partial charge >= 0.3 is 0 Å². The molecule has 0 aromatic carbocycles. The van der Waals surface area contributed by atoms with E-state index in [9.17, 15) is 4.79 Å². The molecule has 0 saturated heterocycles. The first-order chi connectivity index (χ1) is 7.47. The topological polar surface area (TPSA) is 41.1 Å². The number of rotatable bonds is 8. The van der Waals surface area contributed by atoms with Crippen molar-refractivity contribution in [2.24, 2.45) is 5.92 Å². The highest BCUT2D eigenvalue weighted by atomic mass is 16.2. The van der Waals surface area contributed by atoms with Crippen molar-refractivity contribution in [2.45, 2.75) is 66.0 Å². The lowest BCUT2D eigenvalue weighted by molar-refractivity contribution is -0.122. The zero-order chi connectivity index (χ0) is 12.6. The smallest absolute Gasteiger partial charge is 0.236 e. The third-order valence-electron chi connectivity index (χ3n) is 2.70. The van der Waals surface area contributed by atoms with E-state index in [1.54, 1.807) is 0 Å². The molecule has 0 fully saturated rings. The van der Waals surface area contributed by atoms with E-state index in [0.29, 0.717) is 12.6 Å². The van der Waals surface area contributed by atoms with Crippen LogP contribution < -0.4 is 10.6 Å². The minimum absolute atomic E-state index is 0.0889. The van der Waals surface area contributed by atoms with Crippen LogP contribution in [0.3, 0.4) is 0 Å². The fraction of sp³-hybridized carbons (Fsp3) is 0.923. The lowest BCUT2D eigenvalue weighted by atomic mass is 10.0. The van der Waals surface area contributed by atoms with E-state index in [2.05, 4.69) is 31.4 Å². The van der Waals surface area contributed by atoms with Gasteiger partial charge in [0.1, 0.15) is 0 Å². The quantitative estimate of drug-likeness (QED) is 0.669. The Morgan fingerprint density at radius 1 is 1.12 bits per heavy atom. The maximum absolute atomic E-state index is 11.5. The number of likely N-dealkylation sites (N-methyl/N-ethyl adjacent to an activating group) is 1. The number of hydrogen-bond donors (Lipinski definition) is 2. The minimum atomic E-state index is -0.0889. The Morgan fingerprint density at radius 2 is 1.75 bits per heavy atom. The predicted octanol–water partition coefficient (Wildman–Crippen LogP) is 2.32. The number of nitrogens with one attached hydrogen (secondary N) is 2. The Kier molecular flexibility index (Phi) is 8.26. The van der Waals surface area contributed by atoms with Gasteiger partial charge < -0.3 is 10.6 Å². The number of carbonyl (C=O) groups excluding carboxylic acids is 1. The van der Waals surface area contributed by atoms with Crippen molar-refractivity contribution in [3.63, 3.8) is 0 Å². The van der Waals surface area contributed by atoms with Gasteiger partial charge in [-0.15, -0.1) is 0 Å². The summed E-state index contributed by atoms with van der Waals surface area (Å²) in [4.78, 5) is 11.5. The van der Waals surface area contributed by atoms with Crippen molar-refractivity contribution in [1.29, 1.82) is 0 Å². The second kappa shape index (κ2) is 8.57. The highest BCUT2D eigenvalue weighted by Gasteiger charge is 2.13. The van der Waals surface area contributed by atoms with E-state index < -0.39 is 0 Å². The summed E-state index contributed by atoms with van der Waals surface area (Å²) in [6.45, 7) is 11.2. The largest absolute Gasteiger partial charge is 0.355 e. The Bertz CT molecular complexity index is 192. The first-order valence-electron chi connectivity index (χ1n) is 6.51. The molecule has 96 valence electrons. The molecule has 0 radical (unpaired) electrons. The first-order valence-corrected chi connectivity index (χ1v) is 6.51. The van der Waals surface area contributed by atoms with Crippen LogP contribution in [0.2, 0.25) is 0 Å². The minimum Gasteiger partial charge on any atom is -0.355 e. The Morgan fingerprint density at radius 3 is 2.25 bits per heavy atom. The molecule has 3 heteroatoms. The fourth-order valence-electron chi connectivity index (χ4n) is 1.75. The van der Waals surface area contributed by atoms with Crippen LogP contribution in [0.1, 0.15) is 53.9 Å². The van der Waals surface area contributed by atoms with Crippen LogP contribution in [0, 0.1) is 5.92 Å². The highest BCUT2D eigenvalue weighted by molar-refractivity contribution is 5.81. The standard InChI is InChI=1S/C13H28N2O/c1-6-14-13(16)12(5)15-11(4)9-7-8-10(2)3/h10-12,15H,6-9H2,1-5H3,(H,14,16). The number of hydrogen-bond acceptors (Lipinski definition) is 2. The van der Waals surface area contributed by atoms with E-state index in [1.165, 1.54) is 12.8 Å². The van der Waals surface area contributed by atoms with E-state index >= 15 is 0 Å². The number of amides is 1. The summed E-state index contributed by atoms with van der Waals surface area (Å²) in [5.41, 5.74) is 0. The van der Waals surface area contributed by atoms with Gasteiger partial charge in [-0.1, -0.05) is 26.7 Å². The summed E-state index contributed by atoms with van der Waals surface area (Å²) < 4.78 is 0. The highest BCUT2D eigenvalue weighted by Crippen LogP contribution is 2.08. The summed E-state index contributed by atoms with van der Waals surface area (Å²) in [7, 11) is 0. The van der Waals surface area contributed by atoms with Crippen LogP contribution in [0.25, 0.3) is 0 Å². The molecule has 16 heavy (non-hydrogen) atoms. The Balaban J connectivity index is 3.69. The molecular formula is C13H28N2O. The van der Waals surface area contributed by atoms with E-state index in [-0.39, 0.29) is 11.9 Å². The van der Waals surface area contributed by atoms with Crippen molar-refractivity contribution in [3.8, 4) is 0 Å². The molecule has 3 nitrogen and oxygen atoms in total. The molecule has 0 spiro atoms. The van der Waals surface area contributed by atoms with Crippen LogP contribution in [-0.4, -0.2) is 24.5 Å². The summed E-state index contributed by atoms with van der Waals surface area (Å²) in [6, 6.07) is 0.324. The maximum Gasteiger partial charge on any atom is 0.236 e. The van der Waals surface area contributed by atoms with Crippen LogP contribution >= 0.6 is 0 Å². The third kappa shape index (κ3) is 7.69. The molecule has 0 heterocycles. The molecule has 2 atom stereocenters. The summed E-state index contributed by atoms with van der Waals surface area (Å²) in [5.74, 6) is 0.867. The Labute approximate surface area is 100 Å². The van der Waals surface area contributed by atoms with Gasteiger partial charge in [0.25, 0.3) is 0 Å². The second-order valence-electron chi connectivity index (χ2n) is 5.01. The molecule has 0 bridgehead atoms. The van der Waals surface area contributed by atoms with Crippen molar-refractivity contribution in [2.75, 3.05) is 6.54 Å². The molecule has 1 amide bonds. The normalized spacial score (nSPS) is 14.9. The van der Waals surface area contributed by atoms with E-state index in [0.717, 1.165) is 12.3 Å². The van der Waals surface area contributed by atoms with Crippen molar-refractivity contribution in [1.82, 2.24) is 10.6 Å². The molecule has 0 saturated carbocycles. The molecule has 2 unspecified atom stereocenters. The van der Waals surface area contributed by atoms with Gasteiger partial charge in [0.05, 0.1) is 6.04 Å². The maximum atomic E-state index is 11.5. The average molecular weight is 228 g/mol. The van der Waals surface area contributed by atoms with Gasteiger partial charge in [0.2, 0.25) is 5.91 Å². The second-order valence-corrected chi connectivity index (χ2v) is 5.01. The molecule has 0 aromatic rings. The fourth-order valence-corrected chi connectivity index (χ4v) is 1.75. The van der Waals surface area contributed by atoms with Gasteiger partial charge in [-0.2, -0.15) is 0 Å². The molecule has 0 aliphatic heterocycles. The van der Waals surface area contributed by atoms with Gasteiger partial charge in [0.15, 0.2) is 0 Å². The van der Waals surface area contributed by atoms with Crippen LogP contribution in [-0.2, 0) is 4.79 Å². The lowest BCUT2D eigenvalue weighted by Gasteiger charge is -2.19. The summed E-state index contributed by atoms with van der Waals surface area (Å²) >= 11 is 0. The van der Waals surface area contributed by atoms with Crippen molar-refractivity contribution >= 4 is 5.91 Å². The van der Waals surface area contributed by atoms with Crippen LogP contribution in [0.15, 0.2) is 0 Å². The molecule has 0 aliphatic rings. The SMILES string of the molecule is CCNC(=O)C(C)NC(C)CCCC(C)C. The Hall–Kier alpha value is -0.570. The summed E-state index contributed by atoms with van der Waals surface area (Å²) in [6.07, 6.45) is 3.64. The number of carbonyl (C=O) groups is 1. The van der Waals surface area contributed by atoms with Crippen molar-refractivity contribution < 1.29 is 4.79 Å². The third-order valence-corrected chi connectivity index (χ3v) is 2.70. The molecule has 2 N–H and O–H groups in total. The van der Waals surface area contributed by atoms with E-state index in [1.807, 2.05) is 13.8 Å². The zero-order valence-electron chi connectivity index (χ0n) is 11.5. The predicted molar refractivity (Wildman–Crippen MR) is 69.4 cm³/mol. The van der Waals surface area contributed by atoms with E-state index in [4.69, 9.17) is 0 Å². The summed E-state index contributed by atoms with van der Waals surface area (Å²) in [5, 5.41) is 6.15. The monoisotopic (exact) mass is 228 g/mol. The molecule has 0 aliphatic carbocycles. The van der Waals surface area contributed by atoms with Crippen LogP contribution in [0.4, 0.5) is 0 Å². The zero-order valence-corrected chi connectivity index (χ0v) is 11.5. The van der Waals surface area contributed by atoms with Gasteiger partial charge in [-0.3, -0.25) is 4.79 Å². The van der Waals surface area contributed by atoms with Gasteiger partial charge in [0, 0.05) is 12.6 Å². The van der Waals surface area contributed by atoms with Gasteiger partial charge in [-0.05, 0) is 33.1 Å². The first kappa shape index (κ1) is 15.4. The molecule has 0 rings (SSSR count). The van der Waals surface area contributed by atoms with Gasteiger partial charge in [-0.25, -0.2) is 0 Å².